The number of nitriles is 1. The predicted octanol–water partition coefficient (Wildman–Crippen LogP) is 1.75. The van der Waals surface area contributed by atoms with Crippen LogP contribution in [0.4, 0.5) is 11.4 Å². The summed E-state index contributed by atoms with van der Waals surface area (Å²) < 4.78 is 0. The lowest BCUT2D eigenvalue weighted by atomic mass is 10.1. The number of benzene rings is 1. The van der Waals surface area contributed by atoms with Crippen molar-refractivity contribution in [2.75, 3.05) is 25.0 Å². The first-order chi connectivity index (χ1) is 10.0. The summed E-state index contributed by atoms with van der Waals surface area (Å²) >= 11 is 0. The number of hydrogen-bond donors (Lipinski definition) is 1. The first kappa shape index (κ1) is 14.8. The summed E-state index contributed by atoms with van der Waals surface area (Å²) in [5.74, 6) is 0.404. The van der Waals surface area contributed by atoms with Crippen LogP contribution in [-0.4, -0.2) is 35.4 Å². The Morgan fingerprint density at radius 3 is 2.95 bits per heavy atom. The first-order valence-corrected chi connectivity index (χ1v) is 6.69. The van der Waals surface area contributed by atoms with Crippen molar-refractivity contribution in [3.63, 3.8) is 0 Å². The molecule has 1 aromatic rings. The Bertz CT molecular complexity index is 609. The molecule has 1 atom stereocenters. The molecule has 21 heavy (non-hydrogen) atoms. The van der Waals surface area contributed by atoms with E-state index in [9.17, 15) is 14.9 Å². The number of nitro groups is 1. The van der Waals surface area contributed by atoms with Gasteiger partial charge in [-0.2, -0.15) is 5.26 Å². The average Bonchev–Trinajstić information content (AvgIpc) is 2.93. The molecule has 0 bridgehead atoms. The van der Waals surface area contributed by atoms with Crippen molar-refractivity contribution in [2.45, 2.75) is 13.3 Å². The Hall–Kier alpha value is -2.62. The monoisotopic (exact) mass is 288 g/mol. The van der Waals surface area contributed by atoms with Crippen LogP contribution in [0, 0.1) is 27.4 Å². The number of nitrogens with zero attached hydrogens (tertiary/aromatic N) is 3. The van der Waals surface area contributed by atoms with E-state index in [0.717, 1.165) is 13.0 Å². The van der Waals surface area contributed by atoms with E-state index in [2.05, 4.69) is 5.32 Å². The second kappa shape index (κ2) is 6.22. The minimum Gasteiger partial charge on any atom is -0.384 e. The fraction of sp³-hybridized carbons (Fsp3) is 0.429. The molecular weight excluding hydrogens is 272 g/mol. The third kappa shape index (κ3) is 3.48. The second-order valence-corrected chi connectivity index (χ2v) is 5.10. The molecule has 7 nitrogen and oxygen atoms in total. The highest BCUT2D eigenvalue weighted by molar-refractivity contribution is 5.73. The predicted molar refractivity (Wildman–Crippen MR) is 76.7 cm³/mol. The Morgan fingerprint density at radius 1 is 1.62 bits per heavy atom. The highest BCUT2D eigenvalue weighted by Crippen LogP contribution is 2.23. The van der Waals surface area contributed by atoms with E-state index < -0.39 is 4.92 Å². The molecule has 1 saturated heterocycles. The van der Waals surface area contributed by atoms with Crippen molar-refractivity contribution in [1.82, 2.24) is 4.90 Å². The van der Waals surface area contributed by atoms with Crippen molar-refractivity contribution in [3.05, 3.63) is 33.9 Å². The molecule has 0 aromatic heterocycles. The molecule has 1 aliphatic rings. The molecule has 1 heterocycles. The molecule has 0 aliphatic carbocycles. The number of carbonyl (C=O) groups excluding carboxylic acids is 1. The van der Waals surface area contributed by atoms with E-state index in [4.69, 9.17) is 5.26 Å². The molecule has 0 saturated carbocycles. The summed E-state index contributed by atoms with van der Waals surface area (Å²) in [6.07, 6.45) is 0.918. The molecule has 1 aliphatic heterocycles. The van der Waals surface area contributed by atoms with E-state index >= 15 is 0 Å². The molecule has 0 spiro atoms. The number of non-ortho nitro benzene ring substituents is 1. The van der Waals surface area contributed by atoms with Gasteiger partial charge in [0.05, 0.1) is 16.2 Å². The van der Waals surface area contributed by atoms with Crippen LogP contribution in [0.2, 0.25) is 0 Å². The summed E-state index contributed by atoms with van der Waals surface area (Å²) in [6, 6.07) is 6.15. The van der Waals surface area contributed by atoms with Crippen LogP contribution >= 0.6 is 0 Å². The second-order valence-electron chi connectivity index (χ2n) is 5.10. The van der Waals surface area contributed by atoms with Crippen LogP contribution in [0.5, 0.6) is 0 Å². The maximum atomic E-state index is 11.3. The van der Waals surface area contributed by atoms with Gasteiger partial charge in [-0.1, -0.05) is 0 Å². The SMILES string of the molecule is CC(=O)N1CCC(CNc2ccc([N+](=O)[O-])cc2C#N)C1. The van der Waals surface area contributed by atoms with E-state index in [1.807, 2.05) is 6.07 Å². The number of carbonyl (C=O) groups is 1. The zero-order valence-corrected chi connectivity index (χ0v) is 11.7. The summed E-state index contributed by atoms with van der Waals surface area (Å²) in [7, 11) is 0. The lowest BCUT2D eigenvalue weighted by Crippen LogP contribution is -2.27. The average molecular weight is 288 g/mol. The van der Waals surface area contributed by atoms with Gasteiger partial charge in [-0.15, -0.1) is 0 Å². The molecule has 1 N–H and O–H groups in total. The highest BCUT2D eigenvalue weighted by atomic mass is 16.6. The zero-order chi connectivity index (χ0) is 15.4. The number of rotatable bonds is 4. The van der Waals surface area contributed by atoms with Gasteiger partial charge in [-0.05, 0) is 18.4 Å². The van der Waals surface area contributed by atoms with E-state index in [1.54, 1.807) is 17.9 Å². The lowest BCUT2D eigenvalue weighted by Gasteiger charge is -2.15. The van der Waals surface area contributed by atoms with Crippen molar-refractivity contribution in [3.8, 4) is 6.07 Å². The van der Waals surface area contributed by atoms with Crippen molar-refractivity contribution < 1.29 is 9.72 Å². The van der Waals surface area contributed by atoms with Gasteiger partial charge in [0.1, 0.15) is 6.07 Å². The quantitative estimate of drug-likeness (QED) is 0.672. The first-order valence-electron chi connectivity index (χ1n) is 6.69. The third-order valence-electron chi connectivity index (χ3n) is 3.65. The normalized spacial score (nSPS) is 17.3. The fourth-order valence-corrected chi connectivity index (χ4v) is 2.43. The van der Waals surface area contributed by atoms with Crippen molar-refractivity contribution in [2.24, 2.45) is 5.92 Å². The molecular formula is C14H16N4O3. The lowest BCUT2D eigenvalue weighted by molar-refractivity contribution is -0.384. The maximum Gasteiger partial charge on any atom is 0.270 e. The largest absolute Gasteiger partial charge is 0.384 e. The molecule has 7 heteroatoms. The van der Waals surface area contributed by atoms with Crippen LogP contribution in [0.15, 0.2) is 18.2 Å². The van der Waals surface area contributed by atoms with E-state index in [0.29, 0.717) is 24.7 Å². The standard InChI is InChI=1S/C14H16N4O3/c1-10(19)17-5-4-11(9-17)8-16-14-3-2-13(18(20)21)6-12(14)7-15/h2-3,6,11,16H,4-5,8-9H2,1H3. The van der Waals surface area contributed by atoms with Gasteiger partial charge in [0.2, 0.25) is 5.91 Å². The topological polar surface area (TPSA) is 99.3 Å². The van der Waals surface area contributed by atoms with Crippen molar-refractivity contribution >= 4 is 17.3 Å². The Morgan fingerprint density at radius 2 is 2.38 bits per heavy atom. The smallest absolute Gasteiger partial charge is 0.270 e. The van der Waals surface area contributed by atoms with Crippen LogP contribution in [-0.2, 0) is 4.79 Å². The highest BCUT2D eigenvalue weighted by Gasteiger charge is 2.24. The maximum absolute atomic E-state index is 11.3. The molecule has 2 rings (SSSR count). The molecule has 1 amide bonds. The fourth-order valence-electron chi connectivity index (χ4n) is 2.43. The number of nitrogens with one attached hydrogen (secondary N) is 1. The number of amides is 1. The Labute approximate surface area is 122 Å². The molecule has 0 radical (unpaired) electrons. The van der Waals surface area contributed by atoms with Crippen LogP contribution in [0.3, 0.4) is 0 Å². The summed E-state index contributed by atoms with van der Waals surface area (Å²) in [5, 5.41) is 22.9. The summed E-state index contributed by atoms with van der Waals surface area (Å²) in [5.41, 5.74) is 0.746. The van der Waals surface area contributed by atoms with Gasteiger partial charge in [0.15, 0.2) is 0 Å². The molecule has 1 aromatic carbocycles. The van der Waals surface area contributed by atoms with Gasteiger partial charge in [-0.3, -0.25) is 14.9 Å². The van der Waals surface area contributed by atoms with E-state index in [-0.39, 0.29) is 17.2 Å². The molecule has 1 unspecified atom stereocenters. The van der Waals surface area contributed by atoms with E-state index in [1.165, 1.54) is 12.1 Å². The zero-order valence-electron chi connectivity index (χ0n) is 11.7. The number of hydrogen-bond acceptors (Lipinski definition) is 5. The van der Waals surface area contributed by atoms with Crippen LogP contribution in [0.1, 0.15) is 18.9 Å². The Balaban J connectivity index is 1.99. The van der Waals surface area contributed by atoms with Gasteiger partial charge >= 0.3 is 0 Å². The minimum absolute atomic E-state index is 0.0746. The molecule has 110 valence electrons. The Kier molecular flexibility index (Phi) is 4.38. The minimum atomic E-state index is -0.522. The van der Waals surface area contributed by atoms with Gasteiger partial charge in [0.25, 0.3) is 5.69 Å². The number of anilines is 1. The number of likely N-dealkylation sites (tertiary alicyclic amines) is 1. The molecule has 1 fully saturated rings. The number of nitro benzene ring substituents is 1. The summed E-state index contributed by atoms with van der Waals surface area (Å²) in [4.78, 5) is 23.2. The van der Waals surface area contributed by atoms with Gasteiger partial charge in [-0.25, -0.2) is 0 Å². The van der Waals surface area contributed by atoms with Crippen LogP contribution < -0.4 is 5.32 Å². The third-order valence-corrected chi connectivity index (χ3v) is 3.65. The van der Waals surface area contributed by atoms with Crippen molar-refractivity contribution in [1.29, 1.82) is 5.26 Å². The van der Waals surface area contributed by atoms with Crippen LogP contribution in [0.25, 0.3) is 0 Å². The van der Waals surface area contributed by atoms with Gasteiger partial charge < -0.3 is 10.2 Å². The summed E-state index contributed by atoms with van der Waals surface area (Å²) in [6.45, 7) is 3.65. The van der Waals surface area contributed by atoms with Gasteiger partial charge in [0, 0.05) is 38.7 Å².